The lowest BCUT2D eigenvalue weighted by Crippen LogP contribution is -2.58. The Balaban J connectivity index is 1.34. The number of rotatable bonds is 9. The number of carbonyl (C=O) groups is 5. The summed E-state index contributed by atoms with van der Waals surface area (Å²) in [5, 5.41) is 29.9. The number of likely N-dealkylation sites (tertiary alicyclic amines) is 1. The summed E-state index contributed by atoms with van der Waals surface area (Å²) in [6, 6.07) is 10.7. The third kappa shape index (κ3) is 8.89. The van der Waals surface area contributed by atoms with Gasteiger partial charge in [-0.1, -0.05) is 60.5 Å². The fraction of sp³-hybridized carbons (Fsp3) is 0.472. The SMILES string of the molecule is CN[C@@H](C)C(=O)N[C@@H](CC1CC1)C(=O)N1C[C@@H]2C[C@H]1C(=O)N[C@@H](Cc1ccccc1)C(=O)N[C@H](C(=O)O)Cc1ccc(cc1)OCc1cn2nn1. The number of hydrogen-bond donors (Lipinski definition) is 5. The molecule has 2 aromatic carbocycles. The van der Waals surface area contributed by atoms with Gasteiger partial charge in [-0.05, 0) is 49.6 Å². The molecule has 1 aromatic heterocycles. The molecule has 5 N–H and O–H groups in total. The number of carbonyl (C=O) groups excluding carboxylic acids is 4. The predicted octanol–water partition coefficient (Wildman–Crippen LogP) is 0.745. The van der Waals surface area contributed by atoms with E-state index < -0.39 is 59.9 Å². The Hall–Kier alpha value is -5.31. The van der Waals surface area contributed by atoms with Gasteiger partial charge < -0.3 is 36.0 Å². The summed E-state index contributed by atoms with van der Waals surface area (Å²) in [6.45, 7) is 1.91. The maximum absolute atomic E-state index is 14.4. The topological polar surface area (TPSA) is 197 Å². The van der Waals surface area contributed by atoms with Gasteiger partial charge in [0.25, 0.3) is 0 Å². The van der Waals surface area contributed by atoms with Crippen LogP contribution < -0.4 is 26.0 Å². The van der Waals surface area contributed by atoms with Crippen molar-refractivity contribution in [3.05, 3.63) is 77.6 Å². The van der Waals surface area contributed by atoms with Gasteiger partial charge >= 0.3 is 5.97 Å². The lowest BCUT2D eigenvalue weighted by atomic mass is 10.0. The second kappa shape index (κ2) is 15.7. The fourth-order valence-corrected chi connectivity index (χ4v) is 6.51. The number of hydrogen-bond acceptors (Lipinski definition) is 9. The smallest absolute Gasteiger partial charge is 0.326 e. The molecule has 0 unspecified atom stereocenters. The maximum Gasteiger partial charge on any atom is 0.326 e. The lowest BCUT2D eigenvalue weighted by Gasteiger charge is -2.30. The normalized spacial score (nSPS) is 23.5. The number of nitrogens with one attached hydrogen (secondary N) is 4. The standard InChI is InChI=1S/C36H44N8O7/c1-21(37-2)32(45)39-29(15-23-8-9-23)35(48)43-19-26-17-31(43)34(47)38-28(14-22-6-4-3-5-7-22)33(46)40-30(36(49)50)16-24-10-12-27(13-11-24)51-20-25-18-44(26)42-41-25/h3-7,10-13,18,21,23,26,28-31,37H,8-9,14-17,19-20H2,1-2H3,(H,38,47)(H,39,45)(H,40,46)(H,49,50)/t21-,26-,28-,29-,30-,31-/m0/s1. The summed E-state index contributed by atoms with van der Waals surface area (Å²) in [7, 11) is 1.66. The molecule has 1 saturated carbocycles. The minimum absolute atomic E-state index is 0.00542. The van der Waals surface area contributed by atoms with Gasteiger partial charge in [-0.2, -0.15) is 0 Å². The number of fused-ring (bicyclic) bond motifs is 9. The number of ether oxygens (including phenoxy) is 1. The van der Waals surface area contributed by atoms with E-state index in [9.17, 15) is 29.1 Å². The van der Waals surface area contributed by atoms with Gasteiger partial charge in [0.05, 0.1) is 18.3 Å². The van der Waals surface area contributed by atoms with E-state index >= 15 is 0 Å². The highest BCUT2D eigenvalue weighted by atomic mass is 16.5. The summed E-state index contributed by atoms with van der Waals surface area (Å²) in [5.41, 5.74) is 1.94. The number of amides is 4. The average molecular weight is 701 g/mol. The summed E-state index contributed by atoms with van der Waals surface area (Å²) in [5.74, 6) is -2.38. The molecule has 270 valence electrons. The van der Waals surface area contributed by atoms with Crippen LogP contribution >= 0.6 is 0 Å². The van der Waals surface area contributed by atoms with Crippen LogP contribution in [-0.4, -0.2) is 98.4 Å². The van der Waals surface area contributed by atoms with Crippen LogP contribution in [0.4, 0.5) is 0 Å². The van der Waals surface area contributed by atoms with Crippen LogP contribution in [0.3, 0.4) is 0 Å². The van der Waals surface area contributed by atoms with Crippen LogP contribution in [0.5, 0.6) is 5.75 Å². The van der Waals surface area contributed by atoms with E-state index in [4.69, 9.17) is 4.74 Å². The monoisotopic (exact) mass is 700 g/mol. The Morgan fingerprint density at radius 3 is 2.47 bits per heavy atom. The van der Waals surface area contributed by atoms with Crippen LogP contribution in [0.1, 0.15) is 55.5 Å². The van der Waals surface area contributed by atoms with Crippen molar-refractivity contribution in [2.24, 2.45) is 5.92 Å². The van der Waals surface area contributed by atoms with Crippen molar-refractivity contribution >= 4 is 29.6 Å². The highest BCUT2D eigenvalue weighted by Gasteiger charge is 2.45. The second-order valence-electron chi connectivity index (χ2n) is 13.6. The number of carboxylic acid groups (broad SMARTS) is 1. The van der Waals surface area contributed by atoms with Crippen molar-refractivity contribution in [1.29, 1.82) is 0 Å². The first kappa shape index (κ1) is 35.5. The molecule has 6 atom stereocenters. The van der Waals surface area contributed by atoms with E-state index in [1.807, 2.05) is 30.3 Å². The number of aromatic nitrogens is 3. The van der Waals surface area contributed by atoms with Crippen LogP contribution in [0.15, 0.2) is 60.8 Å². The fourth-order valence-electron chi connectivity index (χ4n) is 6.51. The molecule has 2 fully saturated rings. The minimum atomic E-state index is -1.28. The molecule has 3 aliphatic heterocycles. The van der Waals surface area contributed by atoms with Crippen molar-refractivity contribution in [2.45, 2.75) is 88.3 Å². The minimum Gasteiger partial charge on any atom is -0.487 e. The molecule has 6 bridgehead atoms. The average Bonchev–Trinajstić information content (AvgIpc) is 3.62. The molecule has 1 aliphatic carbocycles. The number of likely N-dealkylation sites (N-methyl/N-ethyl adjacent to an activating group) is 1. The van der Waals surface area contributed by atoms with Crippen LogP contribution in [0, 0.1) is 5.92 Å². The van der Waals surface area contributed by atoms with E-state index in [0.29, 0.717) is 23.4 Å². The Morgan fingerprint density at radius 1 is 1.04 bits per heavy atom. The zero-order chi connectivity index (χ0) is 36.1. The van der Waals surface area contributed by atoms with Gasteiger partial charge in [0, 0.05) is 25.8 Å². The number of aliphatic carboxylic acids is 1. The second-order valence-corrected chi connectivity index (χ2v) is 13.6. The quantitative estimate of drug-likeness (QED) is 0.212. The van der Waals surface area contributed by atoms with Gasteiger partial charge in [-0.25, -0.2) is 9.48 Å². The molecule has 4 heterocycles. The first-order valence-corrected chi connectivity index (χ1v) is 17.4. The van der Waals surface area contributed by atoms with Crippen molar-refractivity contribution in [2.75, 3.05) is 13.6 Å². The molecular weight excluding hydrogens is 656 g/mol. The van der Waals surface area contributed by atoms with Gasteiger partial charge in [0.15, 0.2) is 0 Å². The molecule has 3 aromatic rings. The third-order valence-electron chi connectivity index (χ3n) is 9.78. The van der Waals surface area contributed by atoms with Crippen LogP contribution in [0.25, 0.3) is 0 Å². The highest BCUT2D eigenvalue weighted by Crippen LogP contribution is 2.35. The molecule has 7 rings (SSSR count). The highest BCUT2D eigenvalue weighted by molar-refractivity contribution is 5.96. The first-order valence-electron chi connectivity index (χ1n) is 17.4. The Labute approximate surface area is 295 Å². The van der Waals surface area contributed by atoms with E-state index in [1.54, 1.807) is 49.1 Å². The summed E-state index contributed by atoms with van der Waals surface area (Å²) < 4.78 is 7.52. The van der Waals surface area contributed by atoms with Gasteiger partial charge in [0.1, 0.15) is 42.2 Å². The van der Waals surface area contributed by atoms with Crippen LogP contribution in [-0.2, 0) is 43.4 Å². The molecule has 0 spiro atoms. The van der Waals surface area contributed by atoms with E-state index in [2.05, 4.69) is 31.6 Å². The van der Waals surface area contributed by atoms with E-state index in [-0.39, 0.29) is 44.2 Å². The van der Waals surface area contributed by atoms with Gasteiger partial charge in [-0.3, -0.25) is 19.2 Å². The molecule has 15 nitrogen and oxygen atoms in total. The molecule has 0 radical (unpaired) electrons. The lowest BCUT2D eigenvalue weighted by molar-refractivity contribution is -0.143. The zero-order valence-corrected chi connectivity index (χ0v) is 28.7. The number of carboxylic acids is 1. The van der Waals surface area contributed by atoms with E-state index in [0.717, 1.165) is 18.4 Å². The Kier molecular flexibility index (Phi) is 10.9. The first-order chi connectivity index (χ1) is 24.6. The van der Waals surface area contributed by atoms with Crippen molar-refractivity contribution in [1.82, 2.24) is 41.2 Å². The Bertz CT molecular complexity index is 1730. The largest absolute Gasteiger partial charge is 0.487 e. The number of nitrogens with zero attached hydrogens (tertiary/aromatic N) is 4. The van der Waals surface area contributed by atoms with Crippen molar-refractivity contribution in [3.8, 4) is 5.75 Å². The molecular formula is C36H44N8O7. The summed E-state index contributed by atoms with van der Waals surface area (Å²) >= 11 is 0. The van der Waals surface area contributed by atoms with E-state index in [1.165, 1.54) is 4.90 Å². The van der Waals surface area contributed by atoms with Gasteiger partial charge in [0.2, 0.25) is 23.6 Å². The van der Waals surface area contributed by atoms with Crippen LogP contribution in [0.2, 0.25) is 0 Å². The van der Waals surface area contributed by atoms with Crippen molar-refractivity contribution < 1.29 is 33.8 Å². The molecule has 1 saturated heterocycles. The number of benzene rings is 2. The molecule has 15 heteroatoms. The molecule has 4 amide bonds. The predicted molar refractivity (Wildman–Crippen MR) is 183 cm³/mol. The summed E-state index contributed by atoms with van der Waals surface area (Å²) in [4.78, 5) is 69.3. The Morgan fingerprint density at radius 2 is 1.78 bits per heavy atom. The zero-order valence-electron chi connectivity index (χ0n) is 28.7. The molecule has 4 aliphatic rings. The van der Waals surface area contributed by atoms with Gasteiger partial charge in [-0.15, -0.1) is 5.10 Å². The summed E-state index contributed by atoms with van der Waals surface area (Å²) in [6.07, 6.45) is 4.31. The third-order valence-corrected chi connectivity index (χ3v) is 9.78. The van der Waals surface area contributed by atoms with Crippen molar-refractivity contribution in [3.63, 3.8) is 0 Å². The molecule has 51 heavy (non-hydrogen) atoms. The maximum atomic E-state index is 14.4.